The zero-order valence-electron chi connectivity index (χ0n) is 10.9. The number of aromatic nitrogens is 1. The van der Waals surface area contributed by atoms with Crippen molar-refractivity contribution in [2.24, 2.45) is 5.73 Å². The van der Waals surface area contributed by atoms with Crippen LogP contribution in [0.3, 0.4) is 0 Å². The summed E-state index contributed by atoms with van der Waals surface area (Å²) in [6.45, 7) is 0. The molecule has 0 spiro atoms. The zero-order chi connectivity index (χ0) is 14.3. The number of nitrogens with two attached hydrogens (primary N) is 1. The lowest BCUT2D eigenvalue weighted by atomic mass is 10.1. The van der Waals surface area contributed by atoms with E-state index in [1.165, 1.54) is 13.2 Å². The van der Waals surface area contributed by atoms with Gasteiger partial charge >= 0.3 is 0 Å². The van der Waals surface area contributed by atoms with E-state index in [-0.39, 0.29) is 11.8 Å². The predicted molar refractivity (Wildman–Crippen MR) is 71.5 cm³/mol. The van der Waals surface area contributed by atoms with Crippen LogP contribution in [0.5, 0.6) is 5.75 Å². The number of pyridine rings is 1. The van der Waals surface area contributed by atoms with E-state index < -0.39 is 11.6 Å². The Balaban J connectivity index is 1.94. The molecular weight excluding hydrogens is 262 g/mol. The minimum atomic E-state index is -0.989. The molecule has 0 bridgehead atoms. The summed E-state index contributed by atoms with van der Waals surface area (Å²) >= 11 is 0. The monoisotopic (exact) mass is 276 g/mol. The fourth-order valence-corrected chi connectivity index (χ4v) is 2.25. The molecule has 1 aliphatic carbocycles. The van der Waals surface area contributed by atoms with Gasteiger partial charge in [0.2, 0.25) is 5.82 Å². The number of hydrogen-bond donors (Lipinski definition) is 1. The molecule has 1 saturated carbocycles. The highest BCUT2D eigenvalue weighted by Crippen LogP contribution is 2.39. The molecule has 1 heterocycles. The Kier molecular flexibility index (Phi) is 3.14. The summed E-state index contributed by atoms with van der Waals surface area (Å²) in [6, 6.07) is 6.47. The van der Waals surface area contributed by atoms with Gasteiger partial charge in [-0.2, -0.15) is 4.39 Å². The molecular formula is C15H14F2N2O. The SMILES string of the molecule is COc1cc(-c2ccc([C@H]3CC3N)cn2)cc(F)c1F. The van der Waals surface area contributed by atoms with Crippen molar-refractivity contribution in [3.63, 3.8) is 0 Å². The first-order chi connectivity index (χ1) is 9.60. The minimum absolute atomic E-state index is 0.130. The van der Waals surface area contributed by atoms with E-state index in [9.17, 15) is 8.78 Å². The van der Waals surface area contributed by atoms with E-state index in [1.54, 1.807) is 12.3 Å². The van der Waals surface area contributed by atoms with Crippen molar-refractivity contribution < 1.29 is 13.5 Å². The zero-order valence-corrected chi connectivity index (χ0v) is 10.9. The molecule has 3 rings (SSSR count). The van der Waals surface area contributed by atoms with Crippen LogP contribution in [0, 0.1) is 11.6 Å². The molecule has 0 aliphatic heterocycles. The molecule has 1 unspecified atom stereocenters. The minimum Gasteiger partial charge on any atom is -0.494 e. The highest BCUT2D eigenvalue weighted by molar-refractivity contribution is 5.62. The van der Waals surface area contributed by atoms with Gasteiger partial charge in [-0.3, -0.25) is 4.98 Å². The lowest BCUT2D eigenvalue weighted by molar-refractivity contribution is 0.372. The fourth-order valence-electron chi connectivity index (χ4n) is 2.25. The molecule has 5 heteroatoms. The first kappa shape index (κ1) is 13.0. The third-order valence-electron chi connectivity index (χ3n) is 3.56. The van der Waals surface area contributed by atoms with Gasteiger partial charge in [0, 0.05) is 23.7 Å². The van der Waals surface area contributed by atoms with E-state index in [1.807, 2.05) is 6.07 Å². The highest BCUT2D eigenvalue weighted by atomic mass is 19.2. The standard InChI is InChI=1S/C15H14F2N2O/c1-20-14-5-9(4-11(16)15(14)17)13-3-2-8(7-19-13)10-6-12(10)18/h2-5,7,10,12H,6,18H2,1H3/t10-,12?/m1/s1. The molecule has 0 saturated heterocycles. The molecule has 1 aromatic carbocycles. The summed E-state index contributed by atoms with van der Waals surface area (Å²) in [5, 5.41) is 0. The Labute approximate surface area is 115 Å². The van der Waals surface area contributed by atoms with E-state index in [2.05, 4.69) is 4.98 Å². The summed E-state index contributed by atoms with van der Waals surface area (Å²) in [5.41, 5.74) is 7.91. The number of hydrogen-bond acceptors (Lipinski definition) is 3. The van der Waals surface area contributed by atoms with Gasteiger partial charge in [0.05, 0.1) is 12.8 Å². The molecule has 2 atom stereocenters. The maximum atomic E-state index is 13.5. The number of halogens is 2. The Morgan fingerprint density at radius 2 is 2.05 bits per heavy atom. The Hall–Kier alpha value is -2.01. The highest BCUT2D eigenvalue weighted by Gasteiger charge is 2.34. The summed E-state index contributed by atoms with van der Waals surface area (Å²) in [6.07, 6.45) is 2.71. The molecule has 3 nitrogen and oxygen atoms in total. The summed E-state index contributed by atoms with van der Waals surface area (Å²) in [4.78, 5) is 4.29. The van der Waals surface area contributed by atoms with Gasteiger partial charge in [-0.15, -0.1) is 0 Å². The van der Waals surface area contributed by atoms with E-state index in [4.69, 9.17) is 10.5 Å². The second kappa shape index (κ2) is 4.83. The van der Waals surface area contributed by atoms with Crippen molar-refractivity contribution in [1.82, 2.24) is 4.98 Å². The van der Waals surface area contributed by atoms with Crippen molar-refractivity contribution in [2.45, 2.75) is 18.4 Å². The second-order valence-corrected chi connectivity index (χ2v) is 4.96. The molecule has 0 amide bonds. The maximum Gasteiger partial charge on any atom is 0.200 e. The molecule has 0 radical (unpaired) electrons. The van der Waals surface area contributed by atoms with Crippen LogP contribution < -0.4 is 10.5 Å². The van der Waals surface area contributed by atoms with Crippen LogP contribution in [-0.2, 0) is 0 Å². The van der Waals surface area contributed by atoms with Crippen LogP contribution in [0.4, 0.5) is 8.78 Å². The van der Waals surface area contributed by atoms with Gasteiger partial charge < -0.3 is 10.5 Å². The summed E-state index contributed by atoms with van der Waals surface area (Å²) in [7, 11) is 1.30. The lowest BCUT2D eigenvalue weighted by Gasteiger charge is -2.07. The Bertz CT molecular complexity index is 643. The summed E-state index contributed by atoms with van der Waals surface area (Å²) in [5.74, 6) is -1.70. The second-order valence-electron chi connectivity index (χ2n) is 4.96. The predicted octanol–water partition coefficient (Wildman–Crippen LogP) is 2.85. The van der Waals surface area contributed by atoms with Crippen LogP contribution in [0.2, 0.25) is 0 Å². The fraction of sp³-hybridized carbons (Fsp3) is 0.267. The average Bonchev–Trinajstić information content (AvgIpc) is 3.19. The van der Waals surface area contributed by atoms with Crippen LogP contribution in [0.1, 0.15) is 17.9 Å². The number of ether oxygens (including phenoxy) is 1. The van der Waals surface area contributed by atoms with Crippen LogP contribution in [0.15, 0.2) is 30.5 Å². The number of rotatable bonds is 3. The van der Waals surface area contributed by atoms with E-state index >= 15 is 0 Å². The molecule has 1 fully saturated rings. The van der Waals surface area contributed by atoms with E-state index in [0.717, 1.165) is 18.1 Å². The van der Waals surface area contributed by atoms with Crippen molar-refractivity contribution >= 4 is 0 Å². The van der Waals surface area contributed by atoms with Crippen LogP contribution in [-0.4, -0.2) is 18.1 Å². The maximum absolute atomic E-state index is 13.5. The summed E-state index contributed by atoms with van der Waals surface area (Å²) < 4.78 is 31.7. The first-order valence-electron chi connectivity index (χ1n) is 6.35. The lowest BCUT2D eigenvalue weighted by Crippen LogP contribution is -2.01. The van der Waals surface area contributed by atoms with Crippen molar-refractivity contribution in [2.75, 3.05) is 7.11 Å². The third kappa shape index (κ3) is 2.25. The molecule has 2 N–H and O–H groups in total. The van der Waals surface area contributed by atoms with Gasteiger partial charge in [-0.05, 0) is 30.2 Å². The number of nitrogens with zero attached hydrogens (tertiary/aromatic N) is 1. The third-order valence-corrected chi connectivity index (χ3v) is 3.56. The van der Waals surface area contributed by atoms with Crippen molar-refractivity contribution in [3.8, 4) is 17.0 Å². The quantitative estimate of drug-likeness (QED) is 0.937. The van der Waals surface area contributed by atoms with Gasteiger partial charge in [-0.1, -0.05) is 6.07 Å². The van der Waals surface area contributed by atoms with Crippen LogP contribution in [0.25, 0.3) is 11.3 Å². The molecule has 1 aliphatic rings. The van der Waals surface area contributed by atoms with Gasteiger partial charge in [0.25, 0.3) is 0 Å². The molecule has 20 heavy (non-hydrogen) atoms. The van der Waals surface area contributed by atoms with Crippen molar-refractivity contribution in [3.05, 3.63) is 47.7 Å². The molecule has 1 aromatic heterocycles. The smallest absolute Gasteiger partial charge is 0.200 e. The average molecular weight is 276 g/mol. The first-order valence-corrected chi connectivity index (χ1v) is 6.35. The van der Waals surface area contributed by atoms with Crippen LogP contribution >= 0.6 is 0 Å². The van der Waals surface area contributed by atoms with Gasteiger partial charge in [-0.25, -0.2) is 4.39 Å². The Morgan fingerprint density at radius 1 is 1.30 bits per heavy atom. The largest absolute Gasteiger partial charge is 0.494 e. The topological polar surface area (TPSA) is 48.1 Å². The van der Waals surface area contributed by atoms with Gasteiger partial charge in [0.1, 0.15) is 0 Å². The molecule has 2 aromatic rings. The number of methoxy groups -OCH3 is 1. The van der Waals surface area contributed by atoms with E-state index in [0.29, 0.717) is 17.2 Å². The van der Waals surface area contributed by atoms with Gasteiger partial charge in [0.15, 0.2) is 11.6 Å². The normalized spacial score (nSPS) is 20.8. The number of benzene rings is 1. The molecule has 104 valence electrons. The Morgan fingerprint density at radius 3 is 2.60 bits per heavy atom. The van der Waals surface area contributed by atoms with Crippen molar-refractivity contribution in [1.29, 1.82) is 0 Å².